The van der Waals surface area contributed by atoms with E-state index in [0.717, 1.165) is 28.2 Å². The highest BCUT2D eigenvalue weighted by Crippen LogP contribution is 2.26. The van der Waals surface area contributed by atoms with Crippen LogP contribution >= 0.6 is 0 Å². The SMILES string of the molecule is COc1ccc(-n2ncc3c(C)n(-c4ccccc4)c(C)c3c2=O)cc1. The molecule has 130 valence electrons. The molecule has 0 fully saturated rings. The maximum absolute atomic E-state index is 13.2. The summed E-state index contributed by atoms with van der Waals surface area (Å²) in [6.07, 6.45) is 1.77. The molecule has 0 aliphatic carbocycles. The smallest absolute Gasteiger partial charge is 0.281 e. The Balaban J connectivity index is 1.96. The number of aryl methyl sites for hydroxylation is 2. The first kappa shape index (κ1) is 16.1. The Kier molecular flexibility index (Phi) is 3.84. The van der Waals surface area contributed by atoms with Gasteiger partial charge in [0, 0.05) is 22.5 Å². The third kappa shape index (κ3) is 2.40. The summed E-state index contributed by atoms with van der Waals surface area (Å²) in [6, 6.07) is 17.3. The first-order chi connectivity index (χ1) is 12.6. The summed E-state index contributed by atoms with van der Waals surface area (Å²) in [6.45, 7) is 3.99. The molecule has 0 radical (unpaired) electrons. The van der Waals surface area contributed by atoms with Crippen LogP contribution in [0.3, 0.4) is 0 Å². The van der Waals surface area contributed by atoms with Crippen molar-refractivity contribution in [1.82, 2.24) is 14.3 Å². The van der Waals surface area contributed by atoms with Crippen LogP contribution < -0.4 is 10.3 Å². The van der Waals surface area contributed by atoms with E-state index in [2.05, 4.69) is 9.67 Å². The molecule has 2 aromatic carbocycles. The van der Waals surface area contributed by atoms with E-state index in [-0.39, 0.29) is 5.56 Å². The van der Waals surface area contributed by atoms with Gasteiger partial charge in [-0.3, -0.25) is 4.79 Å². The highest BCUT2D eigenvalue weighted by atomic mass is 16.5. The fourth-order valence-corrected chi connectivity index (χ4v) is 3.43. The minimum absolute atomic E-state index is 0.122. The van der Waals surface area contributed by atoms with Crippen LogP contribution in [0.5, 0.6) is 5.75 Å². The molecule has 4 aromatic rings. The molecule has 0 N–H and O–H groups in total. The van der Waals surface area contributed by atoms with Crippen LogP contribution in [0.1, 0.15) is 11.4 Å². The second-order valence-corrected chi connectivity index (χ2v) is 6.19. The molecule has 5 nitrogen and oxygen atoms in total. The topological polar surface area (TPSA) is 49.0 Å². The van der Waals surface area contributed by atoms with Gasteiger partial charge in [0.1, 0.15) is 5.75 Å². The van der Waals surface area contributed by atoms with Crippen molar-refractivity contribution in [3.05, 3.63) is 82.5 Å². The van der Waals surface area contributed by atoms with Gasteiger partial charge < -0.3 is 9.30 Å². The van der Waals surface area contributed by atoms with Crippen LogP contribution in [0, 0.1) is 13.8 Å². The Hall–Kier alpha value is -3.34. The third-order valence-corrected chi connectivity index (χ3v) is 4.73. The van der Waals surface area contributed by atoms with E-state index in [1.165, 1.54) is 4.68 Å². The normalized spacial score (nSPS) is 11.0. The second-order valence-electron chi connectivity index (χ2n) is 6.19. The molecule has 0 aliphatic rings. The highest BCUT2D eigenvalue weighted by Gasteiger charge is 2.17. The van der Waals surface area contributed by atoms with Crippen molar-refractivity contribution in [3.8, 4) is 17.1 Å². The van der Waals surface area contributed by atoms with Crippen molar-refractivity contribution >= 4 is 10.8 Å². The van der Waals surface area contributed by atoms with Gasteiger partial charge >= 0.3 is 0 Å². The fraction of sp³-hybridized carbons (Fsp3) is 0.143. The van der Waals surface area contributed by atoms with Gasteiger partial charge in [0.25, 0.3) is 5.56 Å². The number of methoxy groups -OCH3 is 1. The van der Waals surface area contributed by atoms with E-state index in [1.54, 1.807) is 13.3 Å². The number of nitrogens with zero attached hydrogens (tertiary/aromatic N) is 3. The quantitative estimate of drug-likeness (QED) is 0.567. The molecule has 0 unspecified atom stereocenters. The van der Waals surface area contributed by atoms with Crippen molar-refractivity contribution in [2.75, 3.05) is 7.11 Å². The van der Waals surface area contributed by atoms with Crippen LogP contribution in [0.4, 0.5) is 0 Å². The summed E-state index contributed by atoms with van der Waals surface area (Å²) in [5.41, 5.74) is 3.55. The Morgan fingerprint density at radius 1 is 0.885 bits per heavy atom. The van der Waals surface area contributed by atoms with Crippen molar-refractivity contribution < 1.29 is 4.74 Å². The third-order valence-electron chi connectivity index (χ3n) is 4.73. The molecule has 5 heteroatoms. The standard InChI is InChI=1S/C21H19N3O2/c1-14-19-13-22-24(17-9-11-18(26-3)12-10-17)21(25)20(19)15(2)23(14)16-7-5-4-6-8-16/h4-13H,1-3H3. The lowest BCUT2D eigenvalue weighted by Crippen LogP contribution is -2.21. The predicted molar refractivity (Wildman–Crippen MR) is 103 cm³/mol. The van der Waals surface area contributed by atoms with E-state index in [1.807, 2.05) is 68.4 Å². The van der Waals surface area contributed by atoms with Gasteiger partial charge in [-0.25, -0.2) is 0 Å². The van der Waals surface area contributed by atoms with Crippen molar-refractivity contribution in [2.45, 2.75) is 13.8 Å². The maximum Gasteiger partial charge on any atom is 0.281 e. The number of para-hydroxylation sites is 1. The van der Waals surface area contributed by atoms with Crippen molar-refractivity contribution in [3.63, 3.8) is 0 Å². The predicted octanol–water partition coefficient (Wildman–Crippen LogP) is 3.80. The summed E-state index contributed by atoms with van der Waals surface area (Å²) in [5, 5.41) is 5.96. The van der Waals surface area contributed by atoms with E-state index in [4.69, 9.17) is 4.74 Å². The lowest BCUT2D eigenvalue weighted by molar-refractivity contribution is 0.414. The number of fused-ring (bicyclic) bond motifs is 1. The van der Waals surface area contributed by atoms with Gasteiger partial charge in [-0.15, -0.1) is 0 Å². The molecule has 2 heterocycles. The molecule has 0 amide bonds. The lowest BCUT2D eigenvalue weighted by atomic mass is 10.2. The molecule has 2 aromatic heterocycles. The Bertz CT molecular complexity index is 1140. The molecular weight excluding hydrogens is 326 g/mol. The van der Waals surface area contributed by atoms with Crippen LogP contribution in [0.2, 0.25) is 0 Å². The largest absolute Gasteiger partial charge is 0.497 e. The van der Waals surface area contributed by atoms with E-state index >= 15 is 0 Å². The first-order valence-electron chi connectivity index (χ1n) is 8.41. The molecule has 0 aliphatic heterocycles. The Morgan fingerprint density at radius 3 is 2.23 bits per heavy atom. The number of rotatable bonds is 3. The molecule has 0 saturated heterocycles. The van der Waals surface area contributed by atoms with Crippen molar-refractivity contribution in [2.24, 2.45) is 0 Å². The monoisotopic (exact) mass is 345 g/mol. The number of hydrogen-bond acceptors (Lipinski definition) is 3. The highest BCUT2D eigenvalue weighted by molar-refractivity contribution is 5.88. The zero-order valence-electron chi connectivity index (χ0n) is 14.9. The van der Waals surface area contributed by atoms with Crippen LogP contribution in [0.15, 0.2) is 65.6 Å². The summed E-state index contributed by atoms with van der Waals surface area (Å²) < 4.78 is 8.72. The number of hydrogen-bond donors (Lipinski definition) is 0. The minimum atomic E-state index is -0.122. The number of benzene rings is 2. The number of aromatic nitrogens is 3. The Labute approximate surface area is 151 Å². The molecule has 0 bridgehead atoms. The summed E-state index contributed by atoms with van der Waals surface area (Å²) in [5.74, 6) is 0.741. The number of ether oxygens (including phenoxy) is 1. The van der Waals surface area contributed by atoms with Gasteiger partial charge in [-0.2, -0.15) is 9.78 Å². The zero-order valence-corrected chi connectivity index (χ0v) is 14.9. The molecule has 0 saturated carbocycles. The van der Waals surface area contributed by atoms with Gasteiger partial charge in [-0.1, -0.05) is 18.2 Å². The van der Waals surface area contributed by atoms with E-state index < -0.39 is 0 Å². The fourth-order valence-electron chi connectivity index (χ4n) is 3.43. The Morgan fingerprint density at radius 2 is 1.58 bits per heavy atom. The maximum atomic E-state index is 13.2. The van der Waals surface area contributed by atoms with Crippen LogP contribution in [0.25, 0.3) is 22.1 Å². The molecule has 0 atom stereocenters. The van der Waals surface area contributed by atoms with Crippen molar-refractivity contribution in [1.29, 1.82) is 0 Å². The van der Waals surface area contributed by atoms with Gasteiger partial charge in [0.05, 0.1) is 24.4 Å². The zero-order chi connectivity index (χ0) is 18.3. The second kappa shape index (κ2) is 6.19. The average molecular weight is 345 g/mol. The molecule has 26 heavy (non-hydrogen) atoms. The summed E-state index contributed by atoms with van der Waals surface area (Å²) >= 11 is 0. The summed E-state index contributed by atoms with van der Waals surface area (Å²) in [7, 11) is 1.62. The van der Waals surface area contributed by atoms with E-state index in [0.29, 0.717) is 11.1 Å². The lowest BCUT2D eigenvalue weighted by Gasteiger charge is -2.08. The van der Waals surface area contributed by atoms with Gasteiger partial charge in [-0.05, 0) is 50.2 Å². The van der Waals surface area contributed by atoms with Gasteiger partial charge in [0.15, 0.2) is 0 Å². The van der Waals surface area contributed by atoms with E-state index in [9.17, 15) is 4.79 Å². The first-order valence-corrected chi connectivity index (χ1v) is 8.41. The van der Waals surface area contributed by atoms with Crippen LogP contribution in [-0.4, -0.2) is 21.5 Å². The van der Waals surface area contributed by atoms with Gasteiger partial charge in [0.2, 0.25) is 0 Å². The summed E-state index contributed by atoms with van der Waals surface area (Å²) in [4.78, 5) is 13.2. The molecule has 4 rings (SSSR count). The molecular formula is C21H19N3O2. The average Bonchev–Trinajstić information content (AvgIpc) is 2.94. The van der Waals surface area contributed by atoms with Crippen LogP contribution in [-0.2, 0) is 0 Å². The molecule has 0 spiro atoms. The minimum Gasteiger partial charge on any atom is -0.497 e.